The zero-order valence-corrected chi connectivity index (χ0v) is 17.7. The molecule has 1 aliphatic rings. The fraction of sp³-hybridized carbons (Fsp3) is 0.125. The number of anilines is 1. The summed E-state index contributed by atoms with van der Waals surface area (Å²) in [7, 11) is 5.02. The molecule has 2 amide bonds. The number of carbonyl (C=O) groups is 3. The summed E-state index contributed by atoms with van der Waals surface area (Å²) in [4.78, 5) is 37.8. The van der Waals surface area contributed by atoms with Crippen LogP contribution in [-0.2, 0) is 28.4 Å². The lowest BCUT2D eigenvalue weighted by molar-refractivity contribution is -0.122. The normalized spacial score (nSPS) is 14.0. The first kappa shape index (κ1) is 19.6. The topological polar surface area (TPSA) is 108 Å². The molecular weight excluding hydrogens is 408 g/mol. The average Bonchev–Trinajstić information content (AvgIpc) is 3.37. The second kappa shape index (κ2) is 6.84. The molecule has 0 aliphatic carbocycles. The van der Waals surface area contributed by atoms with Gasteiger partial charge in [0.05, 0.1) is 29.3 Å². The van der Waals surface area contributed by atoms with E-state index in [1.807, 2.05) is 41.6 Å². The highest BCUT2D eigenvalue weighted by atomic mass is 16.5. The molecule has 2 aromatic heterocycles. The maximum absolute atomic E-state index is 12.9. The molecule has 0 saturated carbocycles. The molecule has 1 aliphatic heterocycles. The van der Waals surface area contributed by atoms with Gasteiger partial charge in [-0.15, -0.1) is 0 Å². The molecule has 0 atom stereocenters. The first-order valence-corrected chi connectivity index (χ1v) is 9.92. The number of imide groups is 1. The van der Waals surface area contributed by atoms with Gasteiger partial charge in [-0.05, 0) is 24.3 Å². The Morgan fingerprint density at radius 2 is 1.41 bits per heavy atom. The molecule has 3 heterocycles. The number of hydrogen-bond donors (Lipinski definition) is 2. The van der Waals surface area contributed by atoms with E-state index in [0.717, 1.165) is 21.8 Å². The van der Waals surface area contributed by atoms with E-state index in [4.69, 9.17) is 10.5 Å². The number of methoxy groups -OCH3 is 1. The third kappa shape index (κ3) is 2.73. The maximum Gasteiger partial charge on any atom is 0.337 e. The Morgan fingerprint density at radius 3 is 1.97 bits per heavy atom. The van der Waals surface area contributed by atoms with Gasteiger partial charge in [-0.25, -0.2) is 4.79 Å². The number of amides is 2. The van der Waals surface area contributed by atoms with Crippen molar-refractivity contribution in [3.63, 3.8) is 0 Å². The van der Waals surface area contributed by atoms with Gasteiger partial charge >= 0.3 is 5.97 Å². The van der Waals surface area contributed by atoms with Crippen LogP contribution in [0.3, 0.4) is 0 Å². The molecule has 0 spiro atoms. The zero-order valence-electron chi connectivity index (χ0n) is 17.7. The van der Waals surface area contributed by atoms with Crippen LogP contribution in [0.1, 0.15) is 21.5 Å². The summed E-state index contributed by atoms with van der Waals surface area (Å²) in [5.74, 6) is -1.35. The Kier molecular flexibility index (Phi) is 4.20. The first-order valence-electron chi connectivity index (χ1n) is 9.92. The maximum atomic E-state index is 12.9. The highest BCUT2D eigenvalue weighted by molar-refractivity contribution is 6.50. The lowest BCUT2D eigenvalue weighted by Crippen LogP contribution is -2.22. The Hall–Kier alpha value is -4.33. The molecule has 160 valence electrons. The predicted molar refractivity (Wildman–Crippen MR) is 122 cm³/mol. The second-order valence-electron chi connectivity index (χ2n) is 7.84. The minimum Gasteiger partial charge on any atom is -0.465 e. The minimum atomic E-state index is -0.456. The SMILES string of the molecule is COC(=O)c1ccc2c(C3=C(c4cn(C)c5cc(N)ccc45)C(=O)NC3=O)cn(C)c2c1. The Balaban J connectivity index is 1.80. The lowest BCUT2D eigenvalue weighted by atomic mass is 9.95. The quantitative estimate of drug-likeness (QED) is 0.296. The number of fused-ring (bicyclic) bond motifs is 2. The Labute approximate surface area is 182 Å². The summed E-state index contributed by atoms with van der Waals surface area (Å²) in [6.45, 7) is 0. The number of benzene rings is 2. The van der Waals surface area contributed by atoms with E-state index in [1.165, 1.54) is 7.11 Å². The van der Waals surface area contributed by atoms with Gasteiger partial charge in [-0.2, -0.15) is 0 Å². The lowest BCUT2D eigenvalue weighted by Gasteiger charge is -2.04. The summed E-state index contributed by atoms with van der Waals surface area (Å²) >= 11 is 0. The van der Waals surface area contributed by atoms with Crippen LogP contribution in [0.5, 0.6) is 0 Å². The van der Waals surface area contributed by atoms with Gasteiger partial charge in [0.2, 0.25) is 0 Å². The van der Waals surface area contributed by atoms with Crippen LogP contribution in [0.25, 0.3) is 33.0 Å². The molecule has 0 unspecified atom stereocenters. The molecule has 5 rings (SSSR count). The minimum absolute atomic E-state index is 0.302. The molecule has 32 heavy (non-hydrogen) atoms. The number of ether oxygens (including phenoxy) is 1. The number of nitrogens with zero attached hydrogens (tertiary/aromatic N) is 2. The van der Waals surface area contributed by atoms with E-state index in [9.17, 15) is 14.4 Å². The van der Waals surface area contributed by atoms with Crippen molar-refractivity contribution in [3.8, 4) is 0 Å². The van der Waals surface area contributed by atoms with Crippen LogP contribution in [0.4, 0.5) is 5.69 Å². The predicted octanol–water partition coefficient (Wildman–Crippen LogP) is 2.61. The second-order valence-corrected chi connectivity index (χ2v) is 7.84. The van der Waals surface area contributed by atoms with Crippen molar-refractivity contribution in [2.45, 2.75) is 0 Å². The van der Waals surface area contributed by atoms with Crippen molar-refractivity contribution in [1.29, 1.82) is 0 Å². The van der Waals surface area contributed by atoms with E-state index >= 15 is 0 Å². The van der Waals surface area contributed by atoms with Gasteiger partial charge in [0.25, 0.3) is 11.8 Å². The number of aryl methyl sites for hydroxylation is 2. The van der Waals surface area contributed by atoms with E-state index < -0.39 is 17.8 Å². The van der Waals surface area contributed by atoms with E-state index in [0.29, 0.717) is 33.5 Å². The Bertz CT molecular complexity index is 1520. The molecule has 3 N–H and O–H groups in total. The van der Waals surface area contributed by atoms with Crippen molar-refractivity contribution in [2.24, 2.45) is 14.1 Å². The summed E-state index contributed by atoms with van der Waals surface area (Å²) < 4.78 is 8.52. The number of nitrogens with one attached hydrogen (secondary N) is 1. The fourth-order valence-electron chi connectivity index (χ4n) is 4.40. The summed E-state index contributed by atoms with van der Waals surface area (Å²) in [5, 5.41) is 4.02. The highest BCUT2D eigenvalue weighted by Crippen LogP contribution is 2.39. The fourth-order valence-corrected chi connectivity index (χ4v) is 4.40. The number of carbonyl (C=O) groups excluding carboxylic acids is 3. The number of hydrogen-bond acceptors (Lipinski definition) is 5. The van der Waals surface area contributed by atoms with Crippen LogP contribution < -0.4 is 11.1 Å². The summed E-state index contributed by atoms with van der Waals surface area (Å²) in [6.07, 6.45) is 3.63. The number of esters is 1. The molecule has 0 radical (unpaired) electrons. The van der Waals surface area contributed by atoms with Crippen molar-refractivity contribution >= 4 is 56.4 Å². The molecule has 4 aromatic rings. The monoisotopic (exact) mass is 428 g/mol. The van der Waals surface area contributed by atoms with Crippen molar-refractivity contribution in [1.82, 2.24) is 14.5 Å². The molecule has 8 nitrogen and oxygen atoms in total. The van der Waals surface area contributed by atoms with Crippen molar-refractivity contribution in [3.05, 3.63) is 65.5 Å². The van der Waals surface area contributed by atoms with E-state index in [1.54, 1.807) is 30.5 Å². The number of rotatable bonds is 3. The van der Waals surface area contributed by atoms with Crippen LogP contribution in [-0.4, -0.2) is 34.0 Å². The molecule has 0 bridgehead atoms. The Morgan fingerprint density at radius 1 is 0.875 bits per heavy atom. The number of nitrogen functional groups attached to an aromatic ring is 1. The molecule has 2 aromatic carbocycles. The smallest absolute Gasteiger partial charge is 0.337 e. The largest absolute Gasteiger partial charge is 0.465 e. The molecular formula is C24H20N4O4. The van der Waals surface area contributed by atoms with Crippen LogP contribution in [0.15, 0.2) is 48.8 Å². The highest BCUT2D eigenvalue weighted by Gasteiger charge is 2.35. The van der Waals surface area contributed by atoms with Gasteiger partial charge in [-0.1, -0.05) is 12.1 Å². The molecule has 0 fully saturated rings. The van der Waals surface area contributed by atoms with Crippen molar-refractivity contribution in [2.75, 3.05) is 12.8 Å². The van der Waals surface area contributed by atoms with Crippen LogP contribution >= 0.6 is 0 Å². The van der Waals surface area contributed by atoms with Crippen LogP contribution in [0, 0.1) is 0 Å². The summed E-state index contributed by atoms with van der Waals surface area (Å²) in [5.41, 5.74) is 10.4. The molecule has 8 heteroatoms. The van der Waals surface area contributed by atoms with E-state index in [-0.39, 0.29) is 0 Å². The van der Waals surface area contributed by atoms with Crippen molar-refractivity contribution < 1.29 is 19.1 Å². The third-order valence-electron chi connectivity index (χ3n) is 5.90. The zero-order chi connectivity index (χ0) is 22.7. The van der Waals surface area contributed by atoms with Gasteiger partial charge in [-0.3, -0.25) is 14.9 Å². The van der Waals surface area contributed by atoms with Crippen LogP contribution in [0.2, 0.25) is 0 Å². The average molecular weight is 428 g/mol. The van der Waals surface area contributed by atoms with E-state index in [2.05, 4.69) is 5.32 Å². The first-order chi connectivity index (χ1) is 15.3. The third-order valence-corrected chi connectivity index (χ3v) is 5.90. The van der Waals surface area contributed by atoms with Gasteiger partial charge in [0, 0.05) is 59.6 Å². The number of nitrogens with two attached hydrogens (primary N) is 1. The van der Waals surface area contributed by atoms with Gasteiger partial charge in [0.1, 0.15) is 0 Å². The standard InChI is InChI=1S/C24H20N4O4/c1-27-10-16(14-6-4-12(8-18(14)27)24(31)32-3)20-21(23(30)26-22(20)29)17-11-28(2)19-9-13(25)5-7-15(17)19/h4-11H,25H2,1-3H3,(H,26,29,30). The van der Waals surface area contributed by atoms with Gasteiger partial charge < -0.3 is 19.6 Å². The van der Waals surface area contributed by atoms with Gasteiger partial charge in [0.15, 0.2) is 0 Å². The summed E-state index contributed by atoms with van der Waals surface area (Å²) in [6, 6.07) is 10.6. The number of aromatic nitrogens is 2. The molecule has 0 saturated heterocycles.